The number of amides is 1. The van der Waals surface area contributed by atoms with Crippen LogP contribution in [-0.4, -0.2) is 35.3 Å². The smallest absolute Gasteiger partial charge is 0.239 e. The predicted octanol–water partition coefficient (Wildman–Crippen LogP) is 0.259. The minimum absolute atomic E-state index is 0.444. The van der Waals surface area contributed by atoms with E-state index in [-0.39, 0.29) is 0 Å². The quantitative estimate of drug-likeness (QED) is 0.827. The second kappa shape index (κ2) is 5.01. The van der Waals surface area contributed by atoms with Crippen molar-refractivity contribution in [3.63, 3.8) is 0 Å². The van der Waals surface area contributed by atoms with E-state index in [0.717, 1.165) is 6.26 Å². The molecule has 0 aliphatic carbocycles. The van der Waals surface area contributed by atoms with Crippen LogP contribution in [0.4, 0.5) is 0 Å². The third kappa shape index (κ3) is 2.35. The molecular weight excluding hydrogens is 254 g/mol. The molecule has 0 radical (unpaired) electrons. The summed E-state index contributed by atoms with van der Waals surface area (Å²) in [7, 11) is -3.65. The number of nitrogens with zero attached hydrogens (tertiary/aromatic N) is 2. The van der Waals surface area contributed by atoms with Gasteiger partial charge in [0.2, 0.25) is 5.91 Å². The topological polar surface area (TPSA) is 103 Å². The Morgan fingerprint density at radius 1 is 1.44 bits per heavy atom. The molecule has 0 aromatic carbocycles. The van der Waals surface area contributed by atoms with Gasteiger partial charge in [0, 0.05) is 24.6 Å². The Labute approximate surface area is 107 Å². The molecule has 1 heterocycles. The lowest BCUT2D eigenvalue weighted by Crippen LogP contribution is -2.51. The lowest BCUT2D eigenvalue weighted by atomic mass is 9.85. The molecule has 1 aromatic heterocycles. The number of carbonyl (C=O) groups is 1. The van der Waals surface area contributed by atoms with E-state index in [4.69, 9.17) is 5.73 Å². The van der Waals surface area contributed by atoms with Gasteiger partial charge in [0.05, 0.1) is 0 Å². The van der Waals surface area contributed by atoms with Crippen LogP contribution in [0.1, 0.15) is 31.7 Å². The van der Waals surface area contributed by atoms with Gasteiger partial charge in [0.15, 0.2) is 14.6 Å². The van der Waals surface area contributed by atoms with Gasteiger partial charge in [-0.25, -0.2) is 18.4 Å². The number of hydrogen-bond acceptors (Lipinski definition) is 5. The van der Waals surface area contributed by atoms with E-state index in [9.17, 15) is 13.2 Å². The van der Waals surface area contributed by atoms with Crippen molar-refractivity contribution in [2.75, 3.05) is 6.26 Å². The first-order chi connectivity index (χ1) is 8.25. The molecule has 2 atom stereocenters. The third-order valence-electron chi connectivity index (χ3n) is 3.32. The Morgan fingerprint density at radius 3 is 2.28 bits per heavy atom. The highest BCUT2D eigenvalue weighted by atomic mass is 32.2. The summed E-state index contributed by atoms with van der Waals surface area (Å²) in [4.78, 5) is 19.3. The Kier molecular flexibility index (Phi) is 4.05. The van der Waals surface area contributed by atoms with Gasteiger partial charge in [-0.15, -0.1) is 0 Å². The van der Waals surface area contributed by atoms with E-state index in [0.29, 0.717) is 12.0 Å². The van der Waals surface area contributed by atoms with Crippen LogP contribution in [0.2, 0.25) is 0 Å². The molecule has 1 aromatic rings. The molecule has 18 heavy (non-hydrogen) atoms. The van der Waals surface area contributed by atoms with Crippen molar-refractivity contribution in [1.82, 2.24) is 9.97 Å². The summed E-state index contributed by atoms with van der Waals surface area (Å²) in [5.74, 6) is -1.42. The molecule has 0 bridgehead atoms. The fourth-order valence-corrected chi connectivity index (χ4v) is 3.23. The van der Waals surface area contributed by atoms with Crippen molar-refractivity contribution >= 4 is 15.7 Å². The molecule has 7 heteroatoms. The molecule has 0 aliphatic heterocycles. The summed E-state index contributed by atoms with van der Waals surface area (Å²) in [5.41, 5.74) is 5.90. The van der Waals surface area contributed by atoms with Crippen LogP contribution in [0.5, 0.6) is 0 Å². The van der Waals surface area contributed by atoms with Crippen molar-refractivity contribution in [2.45, 2.75) is 30.9 Å². The maximum Gasteiger partial charge on any atom is 0.239 e. The summed E-state index contributed by atoms with van der Waals surface area (Å²) in [5, 5.41) is 0. The van der Waals surface area contributed by atoms with E-state index in [1.54, 1.807) is 6.92 Å². The summed E-state index contributed by atoms with van der Waals surface area (Å²) in [6, 6.07) is 0. The fraction of sp³-hybridized carbons (Fsp3) is 0.545. The average Bonchev–Trinajstić information content (AvgIpc) is 2.29. The van der Waals surface area contributed by atoms with E-state index in [1.807, 2.05) is 0 Å². The number of nitrogens with two attached hydrogens (primary N) is 1. The van der Waals surface area contributed by atoms with Crippen LogP contribution in [0.25, 0.3) is 0 Å². The maximum absolute atomic E-state index is 11.9. The molecule has 100 valence electrons. The monoisotopic (exact) mass is 271 g/mol. The Balaban J connectivity index is 3.42. The Bertz CT molecular complexity index is 530. The second-order valence-electron chi connectivity index (χ2n) is 4.38. The van der Waals surface area contributed by atoms with Crippen LogP contribution < -0.4 is 5.73 Å². The van der Waals surface area contributed by atoms with Crippen LogP contribution in [0, 0.1) is 0 Å². The lowest BCUT2D eigenvalue weighted by molar-refractivity contribution is -0.120. The van der Waals surface area contributed by atoms with Gasteiger partial charge in [0.1, 0.15) is 6.33 Å². The largest absolute Gasteiger partial charge is 0.368 e. The van der Waals surface area contributed by atoms with Crippen LogP contribution in [-0.2, 0) is 14.6 Å². The van der Waals surface area contributed by atoms with Crippen LogP contribution >= 0.6 is 0 Å². The molecule has 0 saturated heterocycles. The highest BCUT2D eigenvalue weighted by molar-refractivity contribution is 7.92. The molecule has 1 rings (SSSR count). The molecular formula is C11H17N3O3S. The number of primary amides is 1. The first kappa shape index (κ1) is 14.6. The highest BCUT2D eigenvalue weighted by Crippen LogP contribution is 2.36. The summed E-state index contributed by atoms with van der Waals surface area (Å²) in [6.45, 7) is 3.15. The molecule has 0 saturated carbocycles. The Hall–Kier alpha value is -1.50. The molecule has 0 fully saturated rings. The van der Waals surface area contributed by atoms with Gasteiger partial charge in [-0.3, -0.25) is 4.79 Å². The van der Waals surface area contributed by atoms with Gasteiger partial charge < -0.3 is 5.73 Å². The van der Waals surface area contributed by atoms with E-state index in [1.165, 1.54) is 25.6 Å². The number of rotatable bonds is 5. The van der Waals surface area contributed by atoms with E-state index >= 15 is 0 Å². The zero-order chi connectivity index (χ0) is 14.0. The summed E-state index contributed by atoms with van der Waals surface area (Å²) < 4.78 is 22.2. The van der Waals surface area contributed by atoms with Crippen LogP contribution in [0.3, 0.4) is 0 Å². The maximum atomic E-state index is 11.9. The molecule has 2 N–H and O–H groups in total. The normalized spacial score (nSPS) is 16.8. The molecule has 0 aliphatic rings. The van der Waals surface area contributed by atoms with Crippen molar-refractivity contribution < 1.29 is 13.2 Å². The standard InChI is InChI=1S/C11H17N3O3S/c1-4-9(8-5-13-7-14-6-8)11(2,10(12)15)18(3,16)17/h5-7,9H,4H2,1-3H3,(H2,12,15). The summed E-state index contributed by atoms with van der Waals surface area (Å²) >= 11 is 0. The first-order valence-electron chi connectivity index (χ1n) is 5.49. The van der Waals surface area contributed by atoms with Crippen LogP contribution in [0.15, 0.2) is 18.7 Å². The van der Waals surface area contributed by atoms with Crippen molar-refractivity contribution in [3.05, 3.63) is 24.3 Å². The minimum atomic E-state index is -3.65. The zero-order valence-electron chi connectivity index (χ0n) is 10.6. The Morgan fingerprint density at radius 2 is 1.94 bits per heavy atom. The fourth-order valence-electron chi connectivity index (χ4n) is 2.05. The lowest BCUT2D eigenvalue weighted by Gasteiger charge is -2.32. The van der Waals surface area contributed by atoms with Gasteiger partial charge in [0.25, 0.3) is 0 Å². The van der Waals surface area contributed by atoms with Crippen molar-refractivity contribution in [1.29, 1.82) is 0 Å². The second-order valence-corrected chi connectivity index (χ2v) is 6.77. The first-order valence-corrected chi connectivity index (χ1v) is 7.38. The average molecular weight is 271 g/mol. The zero-order valence-corrected chi connectivity index (χ0v) is 11.4. The SMILES string of the molecule is CCC(c1cncnc1)C(C)(C(N)=O)S(C)(=O)=O. The number of hydrogen-bond donors (Lipinski definition) is 1. The molecule has 6 nitrogen and oxygen atoms in total. The summed E-state index contributed by atoms with van der Waals surface area (Å²) in [6.07, 6.45) is 5.82. The molecule has 1 amide bonds. The van der Waals surface area contributed by atoms with Gasteiger partial charge in [-0.05, 0) is 18.9 Å². The van der Waals surface area contributed by atoms with Crippen molar-refractivity contribution in [3.8, 4) is 0 Å². The van der Waals surface area contributed by atoms with E-state index < -0.39 is 26.4 Å². The number of aromatic nitrogens is 2. The van der Waals surface area contributed by atoms with Gasteiger partial charge in [-0.2, -0.15) is 0 Å². The van der Waals surface area contributed by atoms with Gasteiger partial charge >= 0.3 is 0 Å². The highest BCUT2D eigenvalue weighted by Gasteiger charge is 2.48. The number of carbonyl (C=O) groups excluding carboxylic acids is 1. The van der Waals surface area contributed by atoms with Gasteiger partial charge in [-0.1, -0.05) is 6.92 Å². The predicted molar refractivity (Wildman–Crippen MR) is 67.5 cm³/mol. The minimum Gasteiger partial charge on any atom is -0.368 e. The van der Waals surface area contributed by atoms with Crippen molar-refractivity contribution in [2.24, 2.45) is 5.73 Å². The molecule has 0 spiro atoms. The van der Waals surface area contributed by atoms with E-state index in [2.05, 4.69) is 9.97 Å². The number of sulfone groups is 1. The molecule has 2 unspecified atom stereocenters. The third-order valence-corrected chi connectivity index (χ3v) is 5.34.